The Morgan fingerprint density at radius 2 is 1.93 bits per heavy atom. The third kappa shape index (κ3) is 5.29. The molecule has 3 rings (SSSR count). The van der Waals surface area contributed by atoms with Crippen LogP contribution in [0.4, 0.5) is 0 Å². The van der Waals surface area contributed by atoms with Crippen LogP contribution in [0, 0.1) is 5.92 Å². The summed E-state index contributed by atoms with van der Waals surface area (Å²) in [6.45, 7) is 12.7. The van der Waals surface area contributed by atoms with Gasteiger partial charge in [0.25, 0.3) is 0 Å². The number of aryl methyl sites for hydroxylation is 1. The number of aromatic nitrogens is 4. The van der Waals surface area contributed by atoms with E-state index in [4.69, 9.17) is 0 Å². The van der Waals surface area contributed by atoms with Crippen molar-refractivity contribution in [2.24, 2.45) is 5.92 Å². The van der Waals surface area contributed by atoms with Crippen molar-refractivity contribution in [2.45, 2.75) is 71.4 Å². The van der Waals surface area contributed by atoms with Crippen molar-refractivity contribution in [3.05, 3.63) is 5.82 Å². The molecule has 3 heterocycles. The molecular formula is C20H37N7O. The molecule has 158 valence electrons. The van der Waals surface area contributed by atoms with E-state index in [1.165, 1.54) is 32.4 Å². The molecule has 2 saturated heterocycles. The maximum absolute atomic E-state index is 12.1. The second-order valence-corrected chi connectivity index (χ2v) is 8.86. The van der Waals surface area contributed by atoms with E-state index < -0.39 is 0 Å². The van der Waals surface area contributed by atoms with E-state index in [0.29, 0.717) is 12.5 Å². The first kappa shape index (κ1) is 21.2. The molecule has 2 fully saturated rings. The number of amides is 1. The molecule has 8 nitrogen and oxygen atoms in total. The van der Waals surface area contributed by atoms with Crippen LogP contribution in [0.1, 0.15) is 65.1 Å². The second-order valence-electron chi connectivity index (χ2n) is 8.86. The van der Waals surface area contributed by atoms with Gasteiger partial charge in [-0.25, -0.2) is 4.68 Å². The van der Waals surface area contributed by atoms with Gasteiger partial charge in [-0.05, 0) is 61.5 Å². The Labute approximate surface area is 169 Å². The Bertz CT molecular complexity index is 626. The Hall–Kier alpha value is -1.54. The van der Waals surface area contributed by atoms with Crippen molar-refractivity contribution < 1.29 is 4.79 Å². The number of rotatable bonds is 8. The van der Waals surface area contributed by atoms with E-state index in [2.05, 4.69) is 39.6 Å². The Morgan fingerprint density at radius 3 is 2.64 bits per heavy atom. The van der Waals surface area contributed by atoms with Gasteiger partial charge in [0, 0.05) is 39.6 Å². The van der Waals surface area contributed by atoms with Crippen LogP contribution in [0.15, 0.2) is 0 Å². The fraction of sp³-hybridized carbons (Fsp3) is 0.900. The molecule has 0 bridgehead atoms. The summed E-state index contributed by atoms with van der Waals surface area (Å²) in [5.74, 6) is 1.61. The van der Waals surface area contributed by atoms with Crippen molar-refractivity contribution in [3.63, 3.8) is 0 Å². The number of carbonyl (C=O) groups is 1. The molecule has 0 spiro atoms. The lowest BCUT2D eigenvalue weighted by atomic mass is 9.87. The van der Waals surface area contributed by atoms with Gasteiger partial charge in [0.1, 0.15) is 0 Å². The molecule has 2 aliphatic heterocycles. The van der Waals surface area contributed by atoms with Crippen LogP contribution in [0.2, 0.25) is 0 Å². The summed E-state index contributed by atoms with van der Waals surface area (Å²) in [6, 6.07) is 0. The van der Waals surface area contributed by atoms with Gasteiger partial charge < -0.3 is 15.1 Å². The summed E-state index contributed by atoms with van der Waals surface area (Å²) in [4.78, 5) is 16.6. The Balaban J connectivity index is 1.74. The molecule has 8 heteroatoms. The SMILES string of the molecule is CC(=O)N1CCC[C@@](NCCN2CCCCC2)(c2nnnn2CCC(C)C)C1. The summed E-state index contributed by atoms with van der Waals surface area (Å²) in [5, 5.41) is 16.5. The molecule has 1 atom stereocenters. The lowest BCUT2D eigenvalue weighted by molar-refractivity contribution is -0.131. The van der Waals surface area contributed by atoms with Crippen LogP contribution in [-0.4, -0.2) is 75.2 Å². The quantitative estimate of drug-likeness (QED) is 0.726. The van der Waals surface area contributed by atoms with Gasteiger partial charge in [0.2, 0.25) is 5.91 Å². The van der Waals surface area contributed by atoms with Crippen molar-refractivity contribution in [2.75, 3.05) is 39.3 Å². The fourth-order valence-corrected chi connectivity index (χ4v) is 4.45. The van der Waals surface area contributed by atoms with Crippen LogP contribution in [-0.2, 0) is 16.9 Å². The molecule has 1 aromatic rings. The van der Waals surface area contributed by atoms with Gasteiger partial charge >= 0.3 is 0 Å². The third-order valence-corrected chi connectivity index (χ3v) is 6.16. The van der Waals surface area contributed by atoms with Crippen molar-refractivity contribution in [1.82, 2.24) is 35.3 Å². The average molecular weight is 392 g/mol. The highest BCUT2D eigenvalue weighted by Gasteiger charge is 2.42. The molecular weight excluding hydrogens is 354 g/mol. The minimum Gasteiger partial charge on any atom is -0.341 e. The molecule has 0 aliphatic carbocycles. The first-order valence-corrected chi connectivity index (χ1v) is 11.0. The second kappa shape index (κ2) is 9.78. The number of nitrogens with one attached hydrogen (secondary N) is 1. The monoisotopic (exact) mass is 391 g/mol. The molecule has 2 aliphatic rings. The maximum Gasteiger partial charge on any atom is 0.219 e. The van der Waals surface area contributed by atoms with E-state index in [0.717, 1.165) is 51.3 Å². The first-order chi connectivity index (χ1) is 13.5. The Morgan fingerprint density at radius 1 is 1.14 bits per heavy atom. The van der Waals surface area contributed by atoms with E-state index >= 15 is 0 Å². The van der Waals surface area contributed by atoms with E-state index in [9.17, 15) is 4.79 Å². The number of nitrogens with zero attached hydrogens (tertiary/aromatic N) is 6. The molecule has 28 heavy (non-hydrogen) atoms. The van der Waals surface area contributed by atoms with Crippen LogP contribution in [0.3, 0.4) is 0 Å². The number of likely N-dealkylation sites (tertiary alicyclic amines) is 2. The Kier molecular flexibility index (Phi) is 7.40. The van der Waals surface area contributed by atoms with E-state index in [1.54, 1.807) is 6.92 Å². The molecule has 0 aromatic carbocycles. The molecule has 1 amide bonds. The maximum atomic E-state index is 12.1. The van der Waals surface area contributed by atoms with Crippen LogP contribution < -0.4 is 5.32 Å². The number of carbonyl (C=O) groups excluding carboxylic acids is 1. The largest absolute Gasteiger partial charge is 0.341 e. The summed E-state index contributed by atoms with van der Waals surface area (Å²) in [6.07, 6.45) is 6.92. The van der Waals surface area contributed by atoms with E-state index in [1.807, 2.05) is 9.58 Å². The summed E-state index contributed by atoms with van der Waals surface area (Å²) in [5.41, 5.74) is -0.361. The topological polar surface area (TPSA) is 79.2 Å². The fourth-order valence-electron chi connectivity index (χ4n) is 4.45. The summed E-state index contributed by atoms with van der Waals surface area (Å²) in [7, 11) is 0. The number of hydrogen-bond donors (Lipinski definition) is 1. The molecule has 0 radical (unpaired) electrons. The van der Waals surface area contributed by atoms with Crippen molar-refractivity contribution >= 4 is 5.91 Å². The minimum atomic E-state index is -0.361. The highest BCUT2D eigenvalue weighted by Crippen LogP contribution is 2.30. The predicted molar refractivity (Wildman–Crippen MR) is 109 cm³/mol. The van der Waals surface area contributed by atoms with Gasteiger partial charge in [0.05, 0.1) is 5.54 Å². The van der Waals surface area contributed by atoms with E-state index in [-0.39, 0.29) is 11.4 Å². The molecule has 1 aromatic heterocycles. The minimum absolute atomic E-state index is 0.128. The lowest BCUT2D eigenvalue weighted by Gasteiger charge is -2.42. The van der Waals surface area contributed by atoms with Gasteiger partial charge in [-0.3, -0.25) is 4.79 Å². The third-order valence-electron chi connectivity index (χ3n) is 6.16. The van der Waals surface area contributed by atoms with Crippen LogP contribution in [0.25, 0.3) is 0 Å². The first-order valence-electron chi connectivity index (χ1n) is 11.0. The molecule has 0 saturated carbocycles. The zero-order valence-electron chi connectivity index (χ0n) is 17.9. The predicted octanol–water partition coefficient (Wildman–Crippen LogP) is 1.63. The highest BCUT2D eigenvalue weighted by molar-refractivity contribution is 5.73. The smallest absolute Gasteiger partial charge is 0.219 e. The average Bonchev–Trinajstić information content (AvgIpc) is 3.17. The van der Waals surface area contributed by atoms with Gasteiger partial charge in [-0.15, -0.1) is 5.10 Å². The summed E-state index contributed by atoms with van der Waals surface area (Å²) >= 11 is 0. The number of hydrogen-bond acceptors (Lipinski definition) is 6. The summed E-state index contributed by atoms with van der Waals surface area (Å²) < 4.78 is 1.96. The van der Waals surface area contributed by atoms with Gasteiger partial charge in [-0.1, -0.05) is 20.3 Å². The zero-order valence-corrected chi connectivity index (χ0v) is 17.9. The van der Waals surface area contributed by atoms with Crippen molar-refractivity contribution in [1.29, 1.82) is 0 Å². The normalized spacial score (nSPS) is 24.1. The molecule has 1 N–H and O–H groups in total. The zero-order chi connectivity index (χ0) is 20.0. The number of tetrazole rings is 1. The number of piperidine rings is 2. The highest BCUT2D eigenvalue weighted by atomic mass is 16.2. The van der Waals surface area contributed by atoms with Gasteiger partial charge in [0.15, 0.2) is 5.82 Å². The van der Waals surface area contributed by atoms with Crippen LogP contribution >= 0.6 is 0 Å². The van der Waals surface area contributed by atoms with Crippen molar-refractivity contribution in [3.8, 4) is 0 Å². The van der Waals surface area contributed by atoms with Crippen LogP contribution in [0.5, 0.6) is 0 Å². The lowest BCUT2D eigenvalue weighted by Crippen LogP contribution is -2.58. The van der Waals surface area contributed by atoms with Gasteiger partial charge in [-0.2, -0.15) is 0 Å². The molecule has 0 unspecified atom stereocenters. The standard InChI is InChI=1S/C20H37N7O/c1-17(2)8-14-27-19(22-23-24-27)20(9-7-13-26(16-20)18(3)28)21-10-15-25-11-5-4-6-12-25/h17,21H,4-16H2,1-3H3/t20-/m0/s1.